The van der Waals surface area contributed by atoms with Crippen LogP contribution in [0.3, 0.4) is 0 Å². The zero-order valence-electron chi connectivity index (χ0n) is 23.3. The fourth-order valence-electron chi connectivity index (χ4n) is 4.99. The van der Waals surface area contributed by atoms with E-state index in [1.165, 1.54) is 18.4 Å². The van der Waals surface area contributed by atoms with E-state index in [0.717, 1.165) is 26.1 Å². The second-order valence-corrected chi connectivity index (χ2v) is 11.0. The standard InChI is InChI=1S/C32H26N4O6S/c1-3-23-16-26-29(38)35(18-27(37)21-7-6-8-22(15-21)41-2)32(40)36(30(26)43-23)17-19-11-13-20(14-12-19)24-9-4-5-10-25(24)28-33-31(39)42-34-28/h4-16H,3,17-18H2,1-2H3,(H,33,34,39). The smallest absolute Gasteiger partial charge is 0.439 e. The molecule has 0 atom stereocenters. The lowest BCUT2D eigenvalue weighted by Crippen LogP contribution is -2.41. The van der Waals surface area contributed by atoms with Crippen LogP contribution >= 0.6 is 11.3 Å². The summed E-state index contributed by atoms with van der Waals surface area (Å²) in [5, 5.41) is 4.23. The molecule has 6 rings (SSSR count). The van der Waals surface area contributed by atoms with Crippen molar-refractivity contribution in [1.82, 2.24) is 19.3 Å². The van der Waals surface area contributed by atoms with Gasteiger partial charge in [0.05, 0.1) is 25.6 Å². The number of H-pyrrole nitrogens is 1. The molecule has 0 unspecified atom stereocenters. The van der Waals surface area contributed by atoms with Crippen LogP contribution in [0.5, 0.6) is 5.75 Å². The first-order valence-electron chi connectivity index (χ1n) is 13.5. The molecule has 10 nitrogen and oxygen atoms in total. The fourth-order valence-corrected chi connectivity index (χ4v) is 6.07. The highest BCUT2D eigenvalue weighted by atomic mass is 32.1. The third-order valence-electron chi connectivity index (χ3n) is 7.22. The Morgan fingerprint density at radius 2 is 1.72 bits per heavy atom. The maximum absolute atomic E-state index is 13.8. The SMILES string of the molecule is CCc1cc2c(=O)n(CC(=O)c3cccc(OC)c3)c(=O)n(Cc3ccc(-c4ccccc4-c4noc(=O)[nH]4)cc3)c2s1. The molecule has 0 amide bonds. The lowest BCUT2D eigenvalue weighted by molar-refractivity contribution is 0.0968. The van der Waals surface area contributed by atoms with Crippen molar-refractivity contribution in [1.29, 1.82) is 0 Å². The van der Waals surface area contributed by atoms with Crippen molar-refractivity contribution in [3.05, 3.63) is 126 Å². The number of hydrogen-bond donors (Lipinski definition) is 1. The summed E-state index contributed by atoms with van der Waals surface area (Å²) in [5.41, 5.74) is 2.56. The van der Waals surface area contributed by atoms with Gasteiger partial charge >= 0.3 is 11.4 Å². The lowest BCUT2D eigenvalue weighted by atomic mass is 9.98. The third-order valence-corrected chi connectivity index (χ3v) is 8.52. The van der Waals surface area contributed by atoms with Crippen molar-refractivity contribution in [2.75, 3.05) is 7.11 Å². The average molecular weight is 595 g/mol. The Bertz CT molecular complexity index is 2150. The number of Topliss-reactive ketones (excluding diaryl/α,β-unsaturated/α-hetero) is 1. The average Bonchev–Trinajstić information content (AvgIpc) is 3.68. The molecule has 6 aromatic rings. The van der Waals surface area contributed by atoms with Crippen molar-refractivity contribution in [3.63, 3.8) is 0 Å². The predicted octanol–water partition coefficient (Wildman–Crippen LogP) is 4.74. The minimum atomic E-state index is -0.636. The number of benzene rings is 3. The number of aromatic nitrogens is 4. The first-order valence-corrected chi connectivity index (χ1v) is 14.4. The van der Waals surface area contributed by atoms with Gasteiger partial charge < -0.3 is 4.74 Å². The molecule has 0 spiro atoms. The Labute approximate surface area is 248 Å². The molecule has 43 heavy (non-hydrogen) atoms. The van der Waals surface area contributed by atoms with E-state index < -0.39 is 23.5 Å². The quantitative estimate of drug-likeness (QED) is 0.240. The number of ether oxygens (including phenoxy) is 1. The Balaban J connectivity index is 1.37. The van der Waals surface area contributed by atoms with Gasteiger partial charge in [0.15, 0.2) is 11.6 Å². The second kappa shape index (κ2) is 11.5. The van der Waals surface area contributed by atoms with Crippen LogP contribution in [0, 0.1) is 0 Å². The zero-order chi connectivity index (χ0) is 30.1. The van der Waals surface area contributed by atoms with Crippen LogP contribution in [0.4, 0.5) is 0 Å². The summed E-state index contributed by atoms with van der Waals surface area (Å²) in [6.45, 7) is 1.80. The molecule has 0 bridgehead atoms. The van der Waals surface area contributed by atoms with Crippen molar-refractivity contribution in [2.24, 2.45) is 0 Å². The first-order chi connectivity index (χ1) is 20.9. The van der Waals surface area contributed by atoms with Gasteiger partial charge in [0.2, 0.25) is 0 Å². The van der Waals surface area contributed by atoms with Crippen LogP contribution in [0.15, 0.2) is 97.8 Å². The van der Waals surface area contributed by atoms with Crippen molar-refractivity contribution >= 4 is 27.3 Å². The van der Waals surface area contributed by atoms with E-state index in [9.17, 15) is 19.2 Å². The van der Waals surface area contributed by atoms with E-state index in [4.69, 9.17) is 4.74 Å². The number of methoxy groups -OCH3 is 1. The van der Waals surface area contributed by atoms with Gasteiger partial charge in [-0.3, -0.25) is 28.2 Å². The van der Waals surface area contributed by atoms with Crippen molar-refractivity contribution < 1.29 is 14.1 Å². The molecule has 0 aliphatic rings. The monoisotopic (exact) mass is 594 g/mol. The Kier molecular flexibility index (Phi) is 7.47. The number of aromatic amines is 1. The molecule has 11 heteroatoms. The topological polar surface area (TPSA) is 129 Å². The van der Waals surface area contributed by atoms with E-state index in [1.807, 2.05) is 55.5 Å². The molecule has 0 fully saturated rings. The molecular weight excluding hydrogens is 568 g/mol. The minimum Gasteiger partial charge on any atom is -0.497 e. The molecule has 0 aliphatic heterocycles. The van der Waals surface area contributed by atoms with Crippen LogP contribution in [-0.2, 0) is 19.5 Å². The summed E-state index contributed by atoms with van der Waals surface area (Å²) in [7, 11) is 1.51. The summed E-state index contributed by atoms with van der Waals surface area (Å²) >= 11 is 1.41. The first kappa shape index (κ1) is 27.9. The molecule has 216 valence electrons. The number of hydrogen-bond acceptors (Lipinski definition) is 8. The van der Waals surface area contributed by atoms with E-state index in [2.05, 4.69) is 14.7 Å². The third kappa shape index (κ3) is 5.38. The highest BCUT2D eigenvalue weighted by molar-refractivity contribution is 7.18. The van der Waals surface area contributed by atoms with E-state index in [0.29, 0.717) is 39.3 Å². The molecule has 1 N–H and O–H groups in total. The van der Waals surface area contributed by atoms with Gasteiger partial charge in [0.25, 0.3) is 5.56 Å². The van der Waals surface area contributed by atoms with Crippen LogP contribution in [0.25, 0.3) is 32.7 Å². The Morgan fingerprint density at radius 1 is 0.953 bits per heavy atom. The number of carbonyl (C=O) groups excluding carboxylic acids is 1. The van der Waals surface area contributed by atoms with Gasteiger partial charge in [-0.05, 0) is 41.3 Å². The molecule has 0 saturated heterocycles. The highest BCUT2D eigenvalue weighted by Gasteiger charge is 2.19. The second-order valence-electron chi connectivity index (χ2n) is 9.89. The maximum Gasteiger partial charge on any atom is 0.439 e. The van der Waals surface area contributed by atoms with Crippen molar-refractivity contribution in [2.45, 2.75) is 26.4 Å². The molecular formula is C32H26N4O6S. The summed E-state index contributed by atoms with van der Waals surface area (Å²) in [4.78, 5) is 56.1. The van der Waals surface area contributed by atoms with Gasteiger partial charge in [-0.2, -0.15) is 0 Å². The van der Waals surface area contributed by atoms with Crippen LogP contribution in [0.2, 0.25) is 0 Å². The van der Waals surface area contributed by atoms with E-state index in [-0.39, 0.29) is 12.3 Å². The van der Waals surface area contributed by atoms with Crippen molar-refractivity contribution in [3.8, 4) is 28.3 Å². The number of aryl methyl sites for hydroxylation is 1. The lowest BCUT2D eigenvalue weighted by Gasteiger charge is -2.13. The maximum atomic E-state index is 13.8. The number of rotatable bonds is 9. The molecule has 0 aliphatic carbocycles. The number of nitrogens with one attached hydrogen (secondary N) is 1. The summed E-state index contributed by atoms with van der Waals surface area (Å²) < 4.78 is 12.5. The van der Waals surface area contributed by atoms with E-state index in [1.54, 1.807) is 34.9 Å². The largest absolute Gasteiger partial charge is 0.497 e. The zero-order valence-corrected chi connectivity index (χ0v) is 24.1. The fraction of sp³-hybridized carbons (Fsp3) is 0.156. The number of nitrogens with zero attached hydrogens (tertiary/aromatic N) is 3. The van der Waals surface area contributed by atoms with Gasteiger partial charge in [-0.25, -0.2) is 9.59 Å². The predicted molar refractivity (Wildman–Crippen MR) is 164 cm³/mol. The Hall–Kier alpha value is -5.29. The van der Waals surface area contributed by atoms with E-state index >= 15 is 0 Å². The Morgan fingerprint density at radius 3 is 2.42 bits per heavy atom. The molecule has 0 saturated carbocycles. The van der Waals surface area contributed by atoms with Crippen LogP contribution in [-0.4, -0.2) is 32.2 Å². The number of ketones is 1. The van der Waals surface area contributed by atoms with Crippen LogP contribution in [0.1, 0.15) is 27.7 Å². The van der Waals surface area contributed by atoms with Gasteiger partial charge in [-0.15, -0.1) is 11.3 Å². The van der Waals surface area contributed by atoms with Gasteiger partial charge in [0.1, 0.15) is 10.6 Å². The molecule has 0 radical (unpaired) electrons. The molecule has 3 heterocycles. The van der Waals surface area contributed by atoms with Gasteiger partial charge in [-0.1, -0.05) is 72.7 Å². The number of carbonyl (C=O) groups is 1. The molecule has 3 aromatic heterocycles. The molecule has 3 aromatic carbocycles. The van der Waals surface area contributed by atoms with Gasteiger partial charge in [0, 0.05) is 16.0 Å². The highest BCUT2D eigenvalue weighted by Crippen LogP contribution is 2.30. The summed E-state index contributed by atoms with van der Waals surface area (Å²) in [5.74, 6) is -0.166. The summed E-state index contributed by atoms with van der Waals surface area (Å²) in [6, 6.07) is 23.6. The minimum absolute atomic E-state index is 0.200. The number of fused-ring (bicyclic) bond motifs is 1. The number of thiophene rings is 1. The normalized spacial score (nSPS) is 11.2. The summed E-state index contributed by atoms with van der Waals surface area (Å²) in [6.07, 6.45) is 0.709. The van der Waals surface area contributed by atoms with Crippen LogP contribution < -0.4 is 21.7 Å².